The van der Waals surface area contributed by atoms with Gasteiger partial charge in [-0.05, 0) is 18.9 Å². The summed E-state index contributed by atoms with van der Waals surface area (Å²) >= 11 is 1.89. The molecule has 2 fully saturated rings. The van der Waals surface area contributed by atoms with E-state index >= 15 is 0 Å². The van der Waals surface area contributed by atoms with E-state index in [4.69, 9.17) is 0 Å². The van der Waals surface area contributed by atoms with E-state index in [0.717, 1.165) is 31.9 Å². The van der Waals surface area contributed by atoms with Crippen molar-refractivity contribution in [2.75, 3.05) is 38.5 Å². The SMILES string of the molecule is CCCCCCCCCC[NH+]1CCN(C(=O)[C@@H]2CSC(c3ccc[nH+]c3)[NH2+]2)CC1.[Cl-].[Cl-].[Cl-]. The maximum atomic E-state index is 13.0. The first-order valence-corrected chi connectivity index (χ1v) is 12.9. The lowest BCUT2D eigenvalue weighted by Gasteiger charge is -2.32. The fourth-order valence-corrected chi connectivity index (χ4v) is 5.82. The van der Waals surface area contributed by atoms with E-state index in [1.54, 1.807) is 4.90 Å². The summed E-state index contributed by atoms with van der Waals surface area (Å²) in [7, 11) is 0. The fraction of sp³-hybridized carbons (Fsp3) is 0.739. The van der Waals surface area contributed by atoms with Gasteiger partial charge in [-0.3, -0.25) is 4.79 Å². The number of piperazine rings is 1. The number of quaternary nitrogens is 2. The number of carbonyl (C=O) groups excluding carboxylic acids is 1. The van der Waals surface area contributed by atoms with E-state index in [1.165, 1.54) is 63.5 Å². The van der Waals surface area contributed by atoms with Crippen LogP contribution in [0.25, 0.3) is 0 Å². The minimum Gasteiger partial charge on any atom is -1.00 e. The third-order valence-corrected chi connectivity index (χ3v) is 7.75. The van der Waals surface area contributed by atoms with E-state index in [9.17, 15) is 4.79 Å². The molecule has 2 aliphatic heterocycles. The summed E-state index contributed by atoms with van der Waals surface area (Å²) in [6, 6.07) is 4.26. The van der Waals surface area contributed by atoms with Gasteiger partial charge < -0.3 is 52.3 Å². The Bertz CT molecular complexity index is 606. The fourth-order valence-electron chi connectivity index (χ4n) is 4.51. The minimum atomic E-state index is 0. The Kier molecular flexibility index (Phi) is 18.0. The van der Waals surface area contributed by atoms with Crippen molar-refractivity contribution in [3.8, 4) is 0 Å². The second-order valence-electron chi connectivity index (χ2n) is 8.69. The molecule has 0 aromatic carbocycles. The van der Waals surface area contributed by atoms with Crippen molar-refractivity contribution in [3.63, 3.8) is 0 Å². The summed E-state index contributed by atoms with van der Waals surface area (Å²) in [5, 5.41) is 2.60. The van der Waals surface area contributed by atoms with Crippen LogP contribution in [0.3, 0.4) is 0 Å². The number of halogens is 3. The van der Waals surface area contributed by atoms with Gasteiger partial charge in [0.15, 0.2) is 23.8 Å². The first-order valence-electron chi connectivity index (χ1n) is 11.8. The number of hydrogen-bond donors (Lipinski definition) is 2. The predicted octanol–water partition coefficient (Wildman–Crippen LogP) is -7.94. The molecule has 32 heavy (non-hydrogen) atoms. The highest BCUT2D eigenvalue weighted by molar-refractivity contribution is 7.99. The van der Waals surface area contributed by atoms with Crippen LogP contribution < -0.4 is 52.4 Å². The molecular formula is C23H41Cl3N4OS. The highest BCUT2D eigenvalue weighted by atomic mass is 35.5. The monoisotopic (exact) mass is 526 g/mol. The van der Waals surface area contributed by atoms with Gasteiger partial charge in [-0.25, -0.2) is 4.98 Å². The zero-order valence-electron chi connectivity index (χ0n) is 19.3. The number of pyridine rings is 1. The van der Waals surface area contributed by atoms with Crippen molar-refractivity contribution in [1.82, 2.24) is 4.90 Å². The number of hydrogen-bond acceptors (Lipinski definition) is 2. The molecule has 1 amide bonds. The standard InChI is InChI=1S/C23H38N4OS.3ClH/c1-2-3-4-5-6-7-8-9-13-26-14-16-27(17-15-26)23(28)21-19-29-22(25-21)20-11-10-12-24-18-20;;;/h10-12,18,21-22,25H,2-9,13-17,19H2,1H3;3*1H/t21-,22?;;;/m0.../s1. The van der Waals surface area contributed by atoms with Crippen LogP contribution >= 0.6 is 11.8 Å². The van der Waals surface area contributed by atoms with Crippen molar-refractivity contribution in [2.24, 2.45) is 0 Å². The Balaban J connectivity index is 0.00000320. The minimum absolute atomic E-state index is 0. The van der Waals surface area contributed by atoms with Crippen molar-refractivity contribution in [2.45, 2.75) is 69.7 Å². The van der Waals surface area contributed by atoms with E-state index < -0.39 is 0 Å². The van der Waals surface area contributed by atoms with Crippen molar-refractivity contribution in [3.05, 3.63) is 30.1 Å². The molecule has 2 atom stereocenters. The number of aromatic nitrogens is 1. The van der Waals surface area contributed by atoms with Crippen molar-refractivity contribution in [1.29, 1.82) is 0 Å². The van der Waals surface area contributed by atoms with Crippen LogP contribution in [0.15, 0.2) is 24.5 Å². The number of nitrogens with one attached hydrogen (secondary N) is 2. The molecule has 3 heterocycles. The van der Waals surface area contributed by atoms with Gasteiger partial charge in [0, 0.05) is 6.07 Å². The van der Waals surface area contributed by atoms with E-state index in [2.05, 4.69) is 28.2 Å². The average molecular weight is 528 g/mol. The Morgan fingerprint density at radius 1 is 1.09 bits per heavy atom. The number of aromatic amines is 1. The highest BCUT2D eigenvalue weighted by Crippen LogP contribution is 2.26. The Morgan fingerprint density at radius 3 is 2.38 bits per heavy atom. The van der Waals surface area contributed by atoms with Gasteiger partial charge in [0.25, 0.3) is 5.91 Å². The summed E-state index contributed by atoms with van der Waals surface area (Å²) in [5.41, 5.74) is 1.27. The molecule has 0 radical (unpaired) electrons. The van der Waals surface area contributed by atoms with Crippen LogP contribution in [-0.2, 0) is 4.79 Å². The van der Waals surface area contributed by atoms with Gasteiger partial charge in [0.1, 0.15) is 0 Å². The summed E-state index contributed by atoms with van der Waals surface area (Å²) < 4.78 is 0. The summed E-state index contributed by atoms with van der Waals surface area (Å²) in [6.07, 6.45) is 15.1. The topological polar surface area (TPSA) is 55.5 Å². The van der Waals surface area contributed by atoms with Crippen molar-refractivity contribution < 1.29 is 57.2 Å². The maximum Gasteiger partial charge on any atom is 0.282 e. The van der Waals surface area contributed by atoms with Gasteiger partial charge in [-0.1, -0.05) is 57.2 Å². The van der Waals surface area contributed by atoms with Crippen LogP contribution in [0, 0.1) is 0 Å². The number of H-pyrrole nitrogens is 1. The summed E-state index contributed by atoms with van der Waals surface area (Å²) in [4.78, 5) is 19.9. The Hall–Kier alpha value is -0.240. The van der Waals surface area contributed by atoms with Crippen LogP contribution in [0.5, 0.6) is 0 Å². The molecule has 0 bridgehead atoms. The van der Waals surface area contributed by atoms with Crippen molar-refractivity contribution >= 4 is 17.7 Å². The van der Waals surface area contributed by atoms with Crippen LogP contribution in [0.2, 0.25) is 0 Å². The quantitative estimate of drug-likeness (QED) is 0.281. The Labute approximate surface area is 217 Å². The third-order valence-electron chi connectivity index (χ3n) is 6.41. The van der Waals surface area contributed by atoms with E-state index in [1.807, 2.05) is 30.2 Å². The first-order chi connectivity index (χ1) is 14.3. The zero-order chi connectivity index (χ0) is 20.3. The summed E-state index contributed by atoms with van der Waals surface area (Å²) in [5.74, 6) is 1.27. The predicted molar refractivity (Wildman–Crippen MR) is 119 cm³/mol. The molecule has 186 valence electrons. The Morgan fingerprint density at radius 2 is 1.75 bits per heavy atom. The third kappa shape index (κ3) is 10.4. The van der Waals surface area contributed by atoms with Gasteiger partial charge in [-0.2, -0.15) is 0 Å². The molecule has 2 saturated heterocycles. The number of nitrogens with zero attached hydrogens (tertiary/aromatic N) is 1. The van der Waals surface area contributed by atoms with Crippen LogP contribution in [0.1, 0.15) is 69.2 Å². The molecule has 9 heteroatoms. The lowest BCUT2D eigenvalue weighted by molar-refractivity contribution is -0.904. The molecule has 2 aliphatic rings. The van der Waals surface area contributed by atoms with E-state index in [-0.39, 0.29) is 43.3 Å². The molecule has 3 rings (SSSR count). The molecule has 0 aliphatic carbocycles. The molecule has 5 nitrogen and oxygen atoms in total. The second kappa shape index (κ2) is 18.1. The van der Waals surface area contributed by atoms with Crippen LogP contribution in [-0.4, -0.2) is 55.3 Å². The van der Waals surface area contributed by atoms with Gasteiger partial charge >= 0.3 is 0 Å². The number of unbranched alkanes of at least 4 members (excludes halogenated alkanes) is 7. The number of amides is 1. The molecule has 4 N–H and O–H groups in total. The second-order valence-corrected chi connectivity index (χ2v) is 9.86. The summed E-state index contributed by atoms with van der Waals surface area (Å²) in [6.45, 7) is 7.68. The van der Waals surface area contributed by atoms with Gasteiger partial charge in [-0.15, -0.1) is 0 Å². The molecule has 1 aromatic heterocycles. The van der Waals surface area contributed by atoms with Gasteiger partial charge in [0.05, 0.1) is 44.0 Å². The zero-order valence-corrected chi connectivity index (χ0v) is 22.4. The number of carbonyl (C=O) groups is 1. The molecule has 1 aromatic rings. The molecule has 1 unspecified atom stereocenters. The normalized spacial score (nSPS) is 20.7. The van der Waals surface area contributed by atoms with Gasteiger partial charge in [0.2, 0.25) is 0 Å². The molecule has 0 saturated carbocycles. The highest BCUT2D eigenvalue weighted by Gasteiger charge is 2.39. The number of rotatable bonds is 11. The lowest BCUT2D eigenvalue weighted by Crippen LogP contribution is -3.15. The number of nitrogens with two attached hydrogens (primary N) is 1. The van der Waals surface area contributed by atoms with Crippen LogP contribution in [0.4, 0.5) is 0 Å². The number of thioether (sulfide) groups is 1. The molecule has 0 spiro atoms. The maximum absolute atomic E-state index is 13.0. The van der Waals surface area contributed by atoms with E-state index in [0.29, 0.717) is 11.3 Å². The first kappa shape index (κ1) is 31.8. The molecular weight excluding hydrogens is 487 g/mol. The average Bonchev–Trinajstić information content (AvgIpc) is 3.26. The lowest BCUT2D eigenvalue weighted by atomic mass is 10.1. The largest absolute Gasteiger partial charge is 1.00 e. The smallest absolute Gasteiger partial charge is 0.282 e.